The maximum atomic E-state index is 11.8. The Morgan fingerprint density at radius 1 is 1.08 bits per heavy atom. The van der Waals surface area contributed by atoms with E-state index in [0.717, 1.165) is 0 Å². The van der Waals surface area contributed by atoms with Gasteiger partial charge in [-0.1, -0.05) is 40.5 Å². The van der Waals surface area contributed by atoms with Gasteiger partial charge in [0.1, 0.15) is 0 Å². The molecule has 3 rings (SSSR count). The van der Waals surface area contributed by atoms with Gasteiger partial charge in [0.05, 0.1) is 5.02 Å². The molecule has 25 heavy (non-hydrogen) atoms. The lowest BCUT2D eigenvalue weighted by Gasteiger charge is -2.06. The molecule has 1 heterocycles. The molecule has 128 valence electrons. The smallest absolute Gasteiger partial charge is 0.319 e. The highest BCUT2D eigenvalue weighted by molar-refractivity contribution is 6.33. The van der Waals surface area contributed by atoms with Gasteiger partial charge < -0.3 is 15.2 Å². The van der Waals surface area contributed by atoms with Crippen molar-refractivity contribution in [3.63, 3.8) is 0 Å². The molecule has 0 aliphatic rings. The van der Waals surface area contributed by atoms with Gasteiger partial charge in [0.15, 0.2) is 0 Å². The number of benzene rings is 2. The number of nitrogens with one attached hydrogen (secondary N) is 2. The quantitative estimate of drug-likeness (QED) is 0.690. The fraction of sp³-hybridized carbons (Fsp3) is 0.118. The summed E-state index contributed by atoms with van der Waals surface area (Å²) in [6.07, 6.45) is 0.408. The molecule has 0 aliphatic carbocycles. The lowest BCUT2D eigenvalue weighted by atomic mass is 10.2. The zero-order valence-electron chi connectivity index (χ0n) is 13.0. The van der Waals surface area contributed by atoms with E-state index in [1.54, 1.807) is 30.3 Å². The lowest BCUT2D eigenvalue weighted by Crippen LogP contribution is -2.30. The predicted molar refractivity (Wildman–Crippen MR) is 96.9 cm³/mol. The molecule has 0 saturated carbocycles. The van der Waals surface area contributed by atoms with E-state index in [1.807, 2.05) is 18.2 Å². The Hall–Kier alpha value is -2.57. The fourth-order valence-corrected chi connectivity index (χ4v) is 2.45. The van der Waals surface area contributed by atoms with Crippen molar-refractivity contribution in [2.24, 2.45) is 0 Å². The first-order valence-corrected chi connectivity index (χ1v) is 8.25. The standard InChI is InChI=1S/C17H14Cl2N4O2/c18-11-5-7-12(8-6-11)21-17(24)20-10-9-15-22-16(23-25-15)13-3-1-2-4-14(13)19/h1-8H,9-10H2,(H2,20,21,24). The van der Waals surface area contributed by atoms with Crippen LogP contribution in [0.4, 0.5) is 10.5 Å². The lowest BCUT2D eigenvalue weighted by molar-refractivity contribution is 0.252. The zero-order valence-corrected chi connectivity index (χ0v) is 14.5. The SMILES string of the molecule is O=C(NCCc1nc(-c2ccccc2Cl)no1)Nc1ccc(Cl)cc1. The van der Waals surface area contributed by atoms with Crippen LogP contribution in [0, 0.1) is 0 Å². The highest BCUT2D eigenvalue weighted by atomic mass is 35.5. The van der Waals surface area contributed by atoms with Crippen LogP contribution >= 0.6 is 23.2 Å². The molecule has 6 nitrogen and oxygen atoms in total. The third-order valence-electron chi connectivity index (χ3n) is 3.31. The van der Waals surface area contributed by atoms with Gasteiger partial charge in [-0.15, -0.1) is 0 Å². The van der Waals surface area contributed by atoms with Crippen molar-refractivity contribution in [1.82, 2.24) is 15.5 Å². The molecule has 0 fully saturated rings. The van der Waals surface area contributed by atoms with E-state index in [-0.39, 0.29) is 6.03 Å². The van der Waals surface area contributed by atoms with Crippen molar-refractivity contribution in [2.45, 2.75) is 6.42 Å². The summed E-state index contributed by atoms with van der Waals surface area (Å²) >= 11 is 11.9. The first-order valence-electron chi connectivity index (χ1n) is 7.50. The van der Waals surface area contributed by atoms with E-state index in [1.165, 1.54) is 0 Å². The van der Waals surface area contributed by atoms with Crippen LogP contribution in [-0.4, -0.2) is 22.7 Å². The van der Waals surface area contributed by atoms with Crippen molar-refractivity contribution in [3.05, 3.63) is 64.5 Å². The fourth-order valence-electron chi connectivity index (χ4n) is 2.10. The molecule has 1 aromatic heterocycles. The number of hydrogen-bond acceptors (Lipinski definition) is 4. The first kappa shape index (κ1) is 17.3. The van der Waals surface area contributed by atoms with E-state index in [2.05, 4.69) is 20.8 Å². The minimum absolute atomic E-state index is 0.326. The molecule has 2 aromatic carbocycles. The van der Waals surface area contributed by atoms with Crippen molar-refractivity contribution in [3.8, 4) is 11.4 Å². The first-order chi connectivity index (χ1) is 12.1. The van der Waals surface area contributed by atoms with Gasteiger partial charge in [-0.05, 0) is 36.4 Å². The van der Waals surface area contributed by atoms with Gasteiger partial charge in [-0.2, -0.15) is 4.98 Å². The second-order valence-corrected chi connectivity index (χ2v) is 5.97. The molecular formula is C17H14Cl2N4O2. The van der Waals surface area contributed by atoms with E-state index >= 15 is 0 Å². The van der Waals surface area contributed by atoms with Crippen molar-refractivity contribution < 1.29 is 9.32 Å². The second-order valence-electron chi connectivity index (χ2n) is 5.13. The summed E-state index contributed by atoms with van der Waals surface area (Å²) in [6.45, 7) is 0.351. The summed E-state index contributed by atoms with van der Waals surface area (Å²) in [5, 5.41) is 10.5. The van der Waals surface area contributed by atoms with Crippen LogP contribution in [-0.2, 0) is 6.42 Å². The van der Waals surface area contributed by atoms with Crippen LogP contribution in [0.3, 0.4) is 0 Å². The number of amides is 2. The van der Waals surface area contributed by atoms with Crippen LogP contribution in [0.5, 0.6) is 0 Å². The van der Waals surface area contributed by atoms with Crippen LogP contribution < -0.4 is 10.6 Å². The number of rotatable bonds is 5. The molecule has 0 radical (unpaired) electrons. The van der Waals surface area contributed by atoms with Gasteiger partial charge in [-0.25, -0.2) is 4.79 Å². The second kappa shape index (κ2) is 8.00. The number of hydrogen-bond donors (Lipinski definition) is 2. The number of aromatic nitrogens is 2. The molecule has 3 aromatic rings. The molecule has 8 heteroatoms. The minimum Gasteiger partial charge on any atom is -0.339 e. The number of urea groups is 1. The Bertz CT molecular complexity index is 865. The van der Waals surface area contributed by atoms with Crippen LogP contribution in [0.2, 0.25) is 10.0 Å². The van der Waals surface area contributed by atoms with E-state index < -0.39 is 0 Å². The summed E-state index contributed by atoms with van der Waals surface area (Å²) in [4.78, 5) is 16.1. The van der Waals surface area contributed by atoms with Crippen molar-refractivity contribution in [2.75, 3.05) is 11.9 Å². The number of nitrogens with zero attached hydrogens (tertiary/aromatic N) is 2. The topological polar surface area (TPSA) is 80.1 Å². The highest BCUT2D eigenvalue weighted by Crippen LogP contribution is 2.24. The highest BCUT2D eigenvalue weighted by Gasteiger charge is 2.11. The Morgan fingerprint density at radius 3 is 2.60 bits per heavy atom. The molecule has 0 saturated heterocycles. The molecule has 0 atom stereocenters. The third-order valence-corrected chi connectivity index (χ3v) is 3.89. The van der Waals surface area contributed by atoms with E-state index in [0.29, 0.717) is 46.0 Å². The molecule has 2 amide bonds. The summed E-state index contributed by atoms with van der Waals surface area (Å²) in [6, 6.07) is 13.8. The van der Waals surface area contributed by atoms with Gasteiger partial charge in [-0.3, -0.25) is 0 Å². The average molecular weight is 377 g/mol. The van der Waals surface area contributed by atoms with Crippen LogP contribution in [0.15, 0.2) is 53.1 Å². The summed E-state index contributed by atoms with van der Waals surface area (Å²) in [5.41, 5.74) is 1.35. The largest absolute Gasteiger partial charge is 0.339 e. The van der Waals surface area contributed by atoms with Crippen LogP contribution in [0.25, 0.3) is 11.4 Å². The average Bonchev–Trinajstić information content (AvgIpc) is 3.06. The monoisotopic (exact) mass is 376 g/mol. The number of carbonyl (C=O) groups excluding carboxylic acids is 1. The van der Waals surface area contributed by atoms with Crippen molar-refractivity contribution >= 4 is 34.9 Å². The number of halogens is 2. The van der Waals surface area contributed by atoms with E-state index in [4.69, 9.17) is 27.7 Å². The Kier molecular flexibility index (Phi) is 5.53. The van der Waals surface area contributed by atoms with Crippen LogP contribution in [0.1, 0.15) is 5.89 Å². The van der Waals surface area contributed by atoms with Gasteiger partial charge in [0.25, 0.3) is 0 Å². The Labute approximate surface area is 154 Å². The van der Waals surface area contributed by atoms with Gasteiger partial charge in [0, 0.05) is 29.2 Å². The summed E-state index contributed by atoms with van der Waals surface area (Å²) in [5.74, 6) is 0.841. The molecule has 0 spiro atoms. The molecule has 0 bridgehead atoms. The Balaban J connectivity index is 1.50. The predicted octanol–water partition coefficient (Wildman–Crippen LogP) is 4.41. The third kappa shape index (κ3) is 4.71. The molecule has 0 unspecified atom stereocenters. The van der Waals surface area contributed by atoms with Gasteiger partial charge >= 0.3 is 6.03 Å². The summed E-state index contributed by atoms with van der Waals surface area (Å²) in [7, 11) is 0. The molecular weight excluding hydrogens is 363 g/mol. The normalized spacial score (nSPS) is 10.5. The minimum atomic E-state index is -0.326. The maximum Gasteiger partial charge on any atom is 0.319 e. The van der Waals surface area contributed by atoms with Crippen molar-refractivity contribution in [1.29, 1.82) is 0 Å². The van der Waals surface area contributed by atoms with E-state index in [9.17, 15) is 4.79 Å². The maximum absolute atomic E-state index is 11.8. The summed E-state index contributed by atoms with van der Waals surface area (Å²) < 4.78 is 5.18. The number of carbonyl (C=O) groups is 1. The molecule has 2 N–H and O–H groups in total. The zero-order chi connectivity index (χ0) is 17.6. The van der Waals surface area contributed by atoms with Gasteiger partial charge in [0.2, 0.25) is 11.7 Å². The Morgan fingerprint density at radius 2 is 1.84 bits per heavy atom. The number of anilines is 1. The molecule has 0 aliphatic heterocycles.